The summed E-state index contributed by atoms with van der Waals surface area (Å²) in [6, 6.07) is 8.07. The summed E-state index contributed by atoms with van der Waals surface area (Å²) in [6.45, 7) is 0. The van der Waals surface area contributed by atoms with Crippen LogP contribution >= 0.6 is 45.5 Å². The molecule has 0 amide bonds. The van der Waals surface area contributed by atoms with Gasteiger partial charge in [-0.1, -0.05) is 12.1 Å². The number of alkyl halides is 1. The third kappa shape index (κ3) is 2.42. The minimum atomic E-state index is -0.129. The predicted molar refractivity (Wildman–Crippen MR) is 88.0 cm³/mol. The summed E-state index contributed by atoms with van der Waals surface area (Å²) in [6.07, 6.45) is 0. The normalized spacial score (nSPS) is 11.1. The van der Waals surface area contributed by atoms with Gasteiger partial charge in [0.05, 0.1) is 11.3 Å². The fourth-order valence-electron chi connectivity index (χ4n) is 1.90. The Hall–Kier alpha value is -0.920. The molecule has 0 saturated heterocycles. The van der Waals surface area contributed by atoms with Crippen LogP contribution in [-0.2, 0) is 5.88 Å². The number of hydrogen-bond acceptors (Lipinski definition) is 3. The number of nitrogens with one attached hydrogen (secondary N) is 1. The number of aromatic amines is 1. The Bertz CT molecular complexity index is 795. The third-order valence-electron chi connectivity index (χ3n) is 2.77. The predicted octanol–water partition coefficient (Wildman–Crippen LogP) is 4.00. The van der Waals surface area contributed by atoms with E-state index in [0.29, 0.717) is 11.2 Å². The van der Waals surface area contributed by atoms with Crippen LogP contribution in [0.4, 0.5) is 0 Å². The monoisotopic (exact) mass is 402 g/mol. The number of benzene rings is 1. The van der Waals surface area contributed by atoms with E-state index in [0.717, 1.165) is 19.5 Å². The van der Waals surface area contributed by atoms with E-state index >= 15 is 0 Å². The molecule has 3 nitrogen and oxygen atoms in total. The van der Waals surface area contributed by atoms with Gasteiger partial charge >= 0.3 is 0 Å². The minimum absolute atomic E-state index is 0.129. The molecule has 0 unspecified atom stereocenters. The number of halogens is 2. The second-order valence-electron chi connectivity index (χ2n) is 3.98. The third-order valence-corrected chi connectivity index (χ3v) is 4.62. The molecule has 3 rings (SSSR count). The molecule has 0 aliphatic heterocycles. The Morgan fingerprint density at radius 3 is 2.74 bits per heavy atom. The van der Waals surface area contributed by atoms with Gasteiger partial charge in [-0.15, -0.1) is 22.9 Å². The van der Waals surface area contributed by atoms with Gasteiger partial charge in [0.2, 0.25) is 0 Å². The van der Waals surface area contributed by atoms with E-state index in [4.69, 9.17) is 11.6 Å². The Labute approximate surface area is 131 Å². The van der Waals surface area contributed by atoms with Gasteiger partial charge in [-0.2, -0.15) is 0 Å². The molecule has 96 valence electrons. The molecule has 0 aliphatic rings. The quantitative estimate of drug-likeness (QED) is 0.520. The molecule has 0 saturated carbocycles. The van der Waals surface area contributed by atoms with Crippen LogP contribution in [0, 0.1) is 3.57 Å². The van der Waals surface area contributed by atoms with Crippen molar-refractivity contribution in [1.82, 2.24) is 9.97 Å². The van der Waals surface area contributed by atoms with E-state index in [-0.39, 0.29) is 11.4 Å². The first-order valence-electron chi connectivity index (χ1n) is 5.51. The number of aromatic nitrogens is 2. The highest BCUT2D eigenvalue weighted by Gasteiger charge is 2.12. The molecule has 19 heavy (non-hydrogen) atoms. The van der Waals surface area contributed by atoms with Gasteiger partial charge in [0, 0.05) is 14.5 Å². The average Bonchev–Trinajstić information content (AvgIpc) is 2.84. The van der Waals surface area contributed by atoms with Crippen molar-refractivity contribution in [2.75, 3.05) is 0 Å². The summed E-state index contributed by atoms with van der Waals surface area (Å²) in [5, 5.41) is 2.60. The highest BCUT2D eigenvalue weighted by molar-refractivity contribution is 14.1. The Morgan fingerprint density at radius 1 is 1.32 bits per heavy atom. The van der Waals surface area contributed by atoms with Crippen LogP contribution in [0.15, 0.2) is 34.4 Å². The zero-order valence-corrected chi connectivity index (χ0v) is 13.3. The number of fused-ring (bicyclic) bond motifs is 1. The lowest BCUT2D eigenvalue weighted by molar-refractivity contribution is 1.04. The SMILES string of the molecule is O=c1[nH]c(CCl)nc2scc(-c3ccc(I)cc3)c12. The molecule has 2 aromatic heterocycles. The van der Waals surface area contributed by atoms with Crippen molar-refractivity contribution in [3.05, 3.63) is 49.4 Å². The van der Waals surface area contributed by atoms with Crippen LogP contribution in [-0.4, -0.2) is 9.97 Å². The van der Waals surface area contributed by atoms with Crippen LogP contribution in [0.2, 0.25) is 0 Å². The molecule has 0 bridgehead atoms. The molecular weight excluding hydrogens is 395 g/mol. The standard InChI is InChI=1S/C13H8ClIN2OS/c14-5-10-16-12(18)11-9(6-19-13(11)17-10)7-1-3-8(15)4-2-7/h1-4,6H,5H2,(H,16,17,18). The molecule has 2 heterocycles. The molecule has 0 aliphatic carbocycles. The summed E-state index contributed by atoms with van der Waals surface area (Å²) in [4.78, 5) is 19.9. The summed E-state index contributed by atoms with van der Waals surface area (Å²) < 4.78 is 1.16. The van der Waals surface area contributed by atoms with E-state index in [9.17, 15) is 4.79 Å². The number of thiophene rings is 1. The number of hydrogen-bond donors (Lipinski definition) is 1. The van der Waals surface area contributed by atoms with Crippen LogP contribution in [0.3, 0.4) is 0 Å². The maximum absolute atomic E-state index is 12.1. The van der Waals surface area contributed by atoms with Crippen molar-refractivity contribution in [1.29, 1.82) is 0 Å². The van der Waals surface area contributed by atoms with Gasteiger partial charge in [0.15, 0.2) is 0 Å². The van der Waals surface area contributed by atoms with Crippen molar-refractivity contribution in [2.24, 2.45) is 0 Å². The van der Waals surface area contributed by atoms with Crippen LogP contribution in [0.1, 0.15) is 5.82 Å². The van der Waals surface area contributed by atoms with Gasteiger partial charge in [-0.3, -0.25) is 4.79 Å². The maximum atomic E-state index is 12.1. The second-order valence-corrected chi connectivity index (χ2v) is 6.35. The first-order valence-corrected chi connectivity index (χ1v) is 8.00. The van der Waals surface area contributed by atoms with Gasteiger partial charge in [-0.25, -0.2) is 4.98 Å². The van der Waals surface area contributed by atoms with Crippen molar-refractivity contribution in [2.45, 2.75) is 5.88 Å². The summed E-state index contributed by atoms with van der Waals surface area (Å²) in [7, 11) is 0. The zero-order valence-electron chi connectivity index (χ0n) is 9.61. The molecule has 0 fully saturated rings. The Balaban J connectivity index is 2.26. The molecule has 1 aromatic carbocycles. The van der Waals surface area contributed by atoms with Gasteiger partial charge < -0.3 is 4.98 Å². The van der Waals surface area contributed by atoms with E-state index in [2.05, 4.69) is 32.6 Å². The highest BCUT2D eigenvalue weighted by atomic mass is 127. The topological polar surface area (TPSA) is 45.8 Å². The van der Waals surface area contributed by atoms with Crippen molar-refractivity contribution in [3.8, 4) is 11.1 Å². The first-order chi connectivity index (χ1) is 9.19. The highest BCUT2D eigenvalue weighted by Crippen LogP contribution is 2.30. The van der Waals surface area contributed by atoms with Gasteiger partial charge in [0.1, 0.15) is 10.7 Å². The molecule has 0 atom stereocenters. The molecule has 0 spiro atoms. The van der Waals surface area contributed by atoms with Crippen molar-refractivity contribution < 1.29 is 0 Å². The van der Waals surface area contributed by atoms with E-state index in [1.807, 2.05) is 29.6 Å². The summed E-state index contributed by atoms with van der Waals surface area (Å²) in [5.41, 5.74) is 1.82. The summed E-state index contributed by atoms with van der Waals surface area (Å²) in [5.74, 6) is 0.720. The molecule has 0 radical (unpaired) electrons. The van der Waals surface area contributed by atoms with Crippen LogP contribution < -0.4 is 5.56 Å². The van der Waals surface area contributed by atoms with Crippen molar-refractivity contribution in [3.63, 3.8) is 0 Å². The summed E-state index contributed by atoms with van der Waals surface area (Å²) >= 11 is 9.43. The number of nitrogens with zero attached hydrogens (tertiary/aromatic N) is 1. The van der Waals surface area contributed by atoms with Crippen LogP contribution in [0.5, 0.6) is 0 Å². The second kappa shape index (κ2) is 5.22. The molecule has 6 heteroatoms. The van der Waals surface area contributed by atoms with E-state index < -0.39 is 0 Å². The number of rotatable bonds is 2. The minimum Gasteiger partial charge on any atom is -0.309 e. The molecular formula is C13H8ClIN2OS. The van der Waals surface area contributed by atoms with Crippen molar-refractivity contribution >= 4 is 55.7 Å². The largest absolute Gasteiger partial charge is 0.309 e. The number of H-pyrrole nitrogens is 1. The molecule has 3 aromatic rings. The lowest BCUT2D eigenvalue weighted by atomic mass is 10.1. The van der Waals surface area contributed by atoms with Gasteiger partial charge in [-0.05, 0) is 40.3 Å². The van der Waals surface area contributed by atoms with Crippen LogP contribution in [0.25, 0.3) is 21.3 Å². The molecule has 1 N–H and O–H groups in total. The Kier molecular flexibility index (Phi) is 3.60. The van der Waals surface area contributed by atoms with Gasteiger partial charge in [0.25, 0.3) is 5.56 Å². The first kappa shape index (κ1) is 13.1. The van der Waals surface area contributed by atoms with E-state index in [1.54, 1.807) is 0 Å². The Morgan fingerprint density at radius 2 is 2.05 bits per heavy atom. The maximum Gasteiger partial charge on any atom is 0.260 e. The smallest absolute Gasteiger partial charge is 0.260 e. The fraction of sp³-hybridized carbons (Fsp3) is 0.0769. The lowest BCUT2D eigenvalue weighted by Gasteiger charge is -2.00. The lowest BCUT2D eigenvalue weighted by Crippen LogP contribution is -2.10. The fourth-order valence-corrected chi connectivity index (χ4v) is 3.35. The average molecular weight is 403 g/mol. The zero-order chi connectivity index (χ0) is 13.4. The van der Waals surface area contributed by atoms with E-state index in [1.165, 1.54) is 11.3 Å².